The van der Waals surface area contributed by atoms with Gasteiger partial charge in [-0.3, -0.25) is 4.90 Å². The van der Waals surface area contributed by atoms with Crippen molar-refractivity contribution >= 4 is 23.5 Å². The number of aryl methyl sites for hydroxylation is 3. The molecule has 0 radical (unpaired) electrons. The summed E-state index contributed by atoms with van der Waals surface area (Å²) >= 11 is 1.60. The van der Waals surface area contributed by atoms with Gasteiger partial charge in [0.2, 0.25) is 0 Å². The first kappa shape index (κ1) is 19.6. The molecule has 1 aliphatic heterocycles. The molecule has 27 heavy (non-hydrogen) atoms. The molecule has 1 aromatic heterocycles. The zero-order valence-electron chi connectivity index (χ0n) is 16.1. The summed E-state index contributed by atoms with van der Waals surface area (Å²) in [5, 5.41) is 13.6. The highest BCUT2D eigenvalue weighted by atomic mass is 32.2. The highest BCUT2D eigenvalue weighted by Crippen LogP contribution is 2.27. The number of carbonyl (C=O) groups is 1. The Morgan fingerprint density at radius 2 is 2.00 bits per heavy atom. The molecule has 1 saturated heterocycles. The lowest BCUT2D eigenvalue weighted by molar-refractivity contribution is 0.127. The number of hydrogen-bond acceptors (Lipinski definition) is 5. The van der Waals surface area contributed by atoms with E-state index in [1.807, 2.05) is 19.9 Å². The summed E-state index contributed by atoms with van der Waals surface area (Å²) < 4.78 is 5.18. The molecule has 3 rings (SSSR count). The lowest BCUT2D eigenvalue weighted by atomic mass is 10.0. The van der Waals surface area contributed by atoms with Gasteiger partial charge in [-0.1, -0.05) is 23.4 Å². The Balaban J connectivity index is 1.55. The third-order valence-corrected chi connectivity index (χ3v) is 6.22. The Morgan fingerprint density at radius 3 is 2.59 bits per heavy atom. The van der Waals surface area contributed by atoms with Crippen molar-refractivity contribution in [1.29, 1.82) is 0 Å². The molecule has 2 heterocycles. The minimum atomic E-state index is -0.837. The average Bonchev–Trinajstić information content (AvgIpc) is 2.97. The lowest BCUT2D eigenvalue weighted by Crippen LogP contribution is -2.47. The van der Waals surface area contributed by atoms with Crippen LogP contribution in [-0.4, -0.2) is 46.3 Å². The van der Waals surface area contributed by atoms with Gasteiger partial charge in [-0.15, -0.1) is 11.8 Å². The van der Waals surface area contributed by atoms with Gasteiger partial charge in [0.05, 0.1) is 11.6 Å². The van der Waals surface area contributed by atoms with Crippen LogP contribution in [0.3, 0.4) is 0 Å². The van der Waals surface area contributed by atoms with Gasteiger partial charge < -0.3 is 14.5 Å². The number of piperidine rings is 1. The fourth-order valence-electron chi connectivity index (χ4n) is 3.61. The Bertz CT molecular complexity index is 765. The molecular formula is C20H27N3O3S. The maximum Gasteiger partial charge on any atom is 0.408 e. The number of thioether (sulfide) groups is 1. The minimum Gasteiger partial charge on any atom is -0.465 e. The number of amides is 1. The van der Waals surface area contributed by atoms with Gasteiger partial charge in [0.25, 0.3) is 0 Å². The fraction of sp³-hybridized carbons (Fsp3) is 0.500. The maximum absolute atomic E-state index is 11.8. The summed E-state index contributed by atoms with van der Waals surface area (Å²) in [6.45, 7) is 7.70. The zero-order chi connectivity index (χ0) is 19.4. The smallest absolute Gasteiger partial charge is 0.408 e. The number of nitrogens with zero attached hydrogens (tertiary/aromatic N) is 3. The van der Waals surface area contributed by atoms with E-state index in [9.17, 15) is 9.90 Å². The van der Waals surface area contributed by atoms with E-state index in [0.717, 1.165) is 42.9 Å². The number of hydrogen-bond donors (Lipinski definition) is 1. The van der Waals surface area contributed by atoms with Crippen LogP contribution >= 0.6 is 11.8 Å². The molecular weight excluding hydrogens is 362 g/mol. The number of carboxylic acid groups (broad SMARTS) is 1. The Kier molecular flexibility index (Phi) is 6.31. The van der Waals surface area contributed by atoms with Crippen LogP contribution in [0.5, 0.6) is 0 Å². The molecule has 1 amide bonds. The predicted octanol–water partition coefficient (Wildman–Crippen LogP) is 4.44. The van der Waals surface area contributed by atoms with Crippen molar-refractivity contribution in [2.45, 2.75) is 45.4 Å². The summed E-state index contributed by atoms with van der Waals surface area (Å²) in [5.41, 5.74) is 4.47. The van der Waals surface area contributed by atoms with E-state index in [1.165, 1.54) is 11.3 Å². The number of para-hydroxylation sites is 1. The number of anilines is 1. The second-order valence-electron chi connectivity index (χ2n) is 7.04. The van der Waals surface area contributed by atoms with Crippen LogP contribution < -0.4 is 4.90 Å². The summed E-state index contributed by atoms with van der Waals surface area (Å²) in [7, 11) is 0. The first-order valence-electron chi connectivity index (χ1n) is 9.27. The van der Waals surface area contributed by atoms with Crippen LogP contribution in [0.25, 0.3) is 0 Å². The first-order chi connectivity index (χ1) is 13.0. The van der Waals surface area contributed by atoms with Crippen molar-refractivity contribution in [3.8, 4) is 0 Å². The fourth-order valence-corrected chi connectivity index (χ4v) is 4.83. The molecule has 1 fully saturated rings. The monoisotopic (exact) mass is 389 g/mol. The quantitative estimate of drug-likeness (QED) is 0.737. The van der Waals surface area contributed by atoms with Crippen molar-refractivity contribution < 1.29 is 14.4 Å². The van der Waals surface area contributed by atoms with Crippen LogP contribution in [0.1, 0.15) is 35.4 Å². The van der Waals surface area contributed by atoms with Gasteiger partial charge in [-0.25, -0.2) is 4.79 Å². The number of rotatable bonds is 6. The van der Waals surface area contributed by atoms with Crippen LogP contribution in [0.2, 0.25) is 0 Å². The summed E-state index contributed by atoms with van der Waals surface area (Å²) in [5.74, 6) is 2.00. The third kappa shape index (κ3) is 4.58. The average molecular weight is 390 g/mol. The van der Waals surface area contributed by atoms with E-state index < -0.39 is 6.09 Å². The molecule has 0 spiro atoms. The Morgan fingerprint density at radius 1 is 1.30 bits per heavy atom. The molecule has 146 valence electrons. The van der Waals surface area contributed by atoms with Gasteiger partial charge in [-0.2, -0.15) is 0 Å². The van der Waals surface area contributed by atoms with Gasteiger partial charge in [-0.05, 0) is 45.2 Å². The van der Waals surface area contributed by atoms with E-state index in [-0.39, 0.29) is 6.04 Å². The van der Waals surface area contributed by atoms with Crippen LogP contribution in [-0.2, 0) is 5.75 Å². The van der Waals surface area contributed by atoms with E-state index >= 15 is 0 Å². The van der Waals surface area contributed by atoms with Crippen molar-refractivity contribution in [2.75, 3.05) is 23.9 Å². The van der Waals surface area contributed by atoms with Crippen molar-refractivity contribution in [3.05, 3.63) is 46.8 Å². The highest BCUT2D eigenvalue weighted by molar-refractivity contribution is 7.98. The van der Waals surface area contributed by atoms with Crippen LogP contribution in [0.15, 0.2) is 28.8 Å². The van der Waals surface area contributed by atoms with E-state index in [4.69, 9.17) is 4.52 Å². The van der Waals surface area contributed by atoms with Crippen LogP contribution in [0, 0.1) is 20.8 Å². The SMILES string of the molecule is Cc1ccccc1N1CCC(N(CSCc2c(C)noc2C)C(=O)O)CC1. The second kappa shape index (κ2) is 8.69. The zero-order valence-corrected chi connectivity index (χ0v) is 17.0. The van der Waals surface area contributed by atoms with E-state index in [1.54, 1.807) is 16.7 Å². The molecule has 7 heteroatoms. The van der Waals surface area contributed by atoms with Crippen molar-refractivity contribution in [1.82, 2.24) is 10.1 Å². The molecule has 6 nitrogen and oxygen atoms in total. The molecule has 0 saturated carbocycles. The molecule has 0 unspecified atom stereocenters. The Hall–Kier alpha value is -2.15. The topological polar surface area (TPSA) is 69.8 Å². The molecule has 0 bridgehead atoms. The maximum atomic E-state index is 11.8. The first-order valence-corrected chi connectivity index (χ1v) is 10.4. The lowest BCUT2D eigenvalue weighted by Gasteiger charge is -2.38. The van der Waals surface area contributed by atoms with E-state index in [2.05, 4.69) is 35.2 Å². The third-order valence-electron chi connectivity index (χ3n) is 5.27. The molecule has 2 aromatic rings. The summed E-state index contributed by atoms with van der Waals surface area (Å²) in [6, 6.07) is 8.44. The minimum absolute atomic E-state index is 0.0694. The van der Waals surface area contributed by atoms with Crippen LogP contribution in [0.4, 0.5) is 10.5 Å². The van der Waals surface area contributed by atoms with Gasteiger partial charge in [0.15, 0.2) is 0 Å². The molecule has 1 aromatic carbocycles. The Labute approximate surface area is 164 Å². The van der Waals surface area contributed by atoms with Gasteiger partial charge >= 0.3 is 6.09 Å². The van der Waals surface area contributed by atoms with Gasteiger partial charge in [0.1, 0.15) is 5.76 Å². The molecule has 0 aliphatic carbocycles. The summed E-state index contributed by atoms with van der Waals surface area (Å²) in [4.78, 5) is 15.8. The molecule has 0 atom stereocenters. The molecule has 1 N–H and O–H groups in total. The number of aromatic nitrogens is 1. The normalized spacial score (nSPS) is 15.1. The van der Waals surface area contributed by atoms with Crippen molar-refractivity contribution in [2.24, 2.45) is 0 Å². The van der Waals surface area contributed by atoms with Gasteiger partial charge in [0, 0.05) is 36.1 Å². The largest absolute Gasteiger partial charge is 0.465 e. The standard InChI is InChI=1S/C20H27N3O3S/c1-14-6-4-5-7-19(14)22-10-8-17(9-11-22)23(20(24)25)13-27-12-18-15(2)21-26-16(18)3/h4-7,17H,8-13H2,1-3H3,(H,24,25). The molecule has 1 aliphatic rings. The van der Waals surface area contributed by atoms with Crippen molar-refractivity contribution in [3.63, 3.8) is 0 Å². The van der Waals surface area contributed by atoms with E-state index in [0.29, 0.717) is 11.6 Å². The predicted molar refractivity (Wildman–Crippen MR) is 108 cm³/mol. The summed E-state index contributed by atoms with van der Waals surface area (Å²) in [6.07, 6.45) is 0.870. The highest BCUT2D eigenvalue weighted by Gasteiger charge is 2.28. The second-order valence-corrected chi connectivity index (χ2v) is 7.99. The number of benzene rings is 1.